The van der Waals surface area contributed by atoms with E-state index in [1.165, 1.54) is 11.0 Å². The molecule has 2 aromatic rings. The maximum atomic E-state index is 13.6. The zero-order valence-electron chi connectivity index (χ0n) is 13.2. The van der Waals surface area contributed by atoms with Crippen molar-refractivity contribution in [3.63, 3.8) is 0 Å². The molecule has 0 saturated carbocycles. The molecule has 0 aromatic heterocycles. The average molecular weight is 379 g/mol. The summed E-state index contributed by atoms with van der Waals surface area (Å²) in [4.78, 5) is 13.7. The van der Waals surface area contributed by atoms with Gasteiger partial charge in [0, 0.05) is 29.7 Å². The first-order valence-electron chi connectivity index (χ1n) is 7.44. The molecule has 1 amide bonds. The Morgan fingerprint density at radius 3 is 2.57 bits per heavy atom. The summed E-state index contributed by atoms with van der Waals surface area (Å²) >= 11 is 3.51. The van der Waals surface area contributed by atoms with E-state index in [0.29, 0.717) is 5.56 Å². The van der Waals surface area contributed by atoms with Crippen molar-refractivity contribution in [1.82, 2.24) is 10.2 Å². The van der Waals surface area contributed by atoms with E-state index in [-0.39, 0.29) is 30.9 Å². The van der Waals surface area contributed by atoms with Gasteiger partial charge in [-0.15, -0.1) is 0 Å². The van der Waals surface area contributed by atoms with Crippen molar-refractivity contribution in [1.29, 1.82) is 0 Å². The Labute approximate surface area is 144 Å². The molecule has 0 bridgehead atoms. The number of nitrogens with zero attached hydrogens (tertiary/aromatic N) is 1. The van der Waals surface area contributed by atoms with Gasteiger partial charge in [0.15, 0.2) is 0 Å². The van der Waals surface area contributed by atoms with Gasteiger partial charge >= 0.3 is 0 Å². The number of halogens is 2. The van der Waals surface area contributed by atoms with Crippen molar-refractivity contribution in [2.75, 3.05) is 13.6 Å². The second-order valence-electron chi connectivity index (χ2n) is 5.47. The Morgan fingerprint density at radius 1 is 1.22 bits per heavy atom. The lowest BCUT2D eigenvalue weighted by Crippen LogP contribution is -2.36. The largest absolute Gasteiger partial charge is 0.340 e. The second-order valence-corrected chi connectivity index (χ2v) is 6.32. The molecule has 2 rings (SSSR count). The third kappa shape index (κ3) is 4.88. The second kappa shape index (κ2) is 8.22. The molecule has 0 aliphatic heterocycles. The first-order chi connectivity index (χ1) is 11.0. The molecule has 1 unspecified atom stereocenters. The lowest BCUT2D eigenvalue weighted by atomic mass is 10.1. The fourth-order valence-electron chi connectivity index (χ4n) is 2.28. The van der Waals surface area contributed by atoms with Gasteiger partial charge in [-0.25, -0.2) is 4.39 Å². The number of hydrogen-bond acceptors (Lipinski definition) is 2. The first kappa shape index (κ1) is 17.6. The quantitative estimate of drug-likeness (QED) is 0.826. The van der Waals surface area contributed by atoms with E-state index in [4.69, 9.17) is 0 Å². The summed E-state index contributed by atoms with van der Waals surface area (Å²) in [6, 6.07) is 14.4. The highest BCUT2D eigenvalue weighted by Crippen LogP contribution is 2.22. The minimum absolute atomic E-state index is 0.0383. The highest BCUT2D eigenvalue weighted by molar-refractivity contribution is 9.10. The molecule has 3 nitrogen and oxygen atoms in total. The molecule has 0 aliphatic carbocycles. The Morgan fingerprint density at radius 2 is 1.87 bits per heavy atom. The summed E-state index contributed by atoms with van der Waals surface area (Å²) in [7, 11) is 1.68. The zero-order chi connectivity index (χ0) is 16.8. The molecule has 1 N–H and O–H groups in total. The molecule has 0 spiro atoms. The van der Waals surface area contributed by atoms with Crippen molar-refractivity contribution >= 4 is 21.8 Å². The van der Waals surface area contributed by atoms with Crippen LogP contribution in [0.25, 0.3) is 0 Å². The number of hydrogen-bond donors (Lipinski definition) is 1. The fraction of sp³-hybridized carbons (Fsp3) is 0.278. The normalized spacial score (nSPS) is 12.0. The molecule has 0 heterocycles. The van der Waals surface area contributed by atoms with Crippen LogP contribution in [0, 0.1) is 5.82 Å². The van der Waals surface area contributed by atoms with E-state index in [1.807, 2.05) is 31.2 Å². The van der Waals surface area contributed by atoms with Gasteiger partial charge in [-0.2, -0.15) is 0 Å². The van der Waals surface area contributed by atoms with E-state index >= 15 is 0 Å². The first-order valence-corrected chi connectivity index (χ1v) is 8.23. The number of amides is 1. The van der Waals surface area contributed by atoms with Crippen molar-refractivity contribution in [2.24, 2.45) is 0 Å². The van der Waals surface area contributed by atoms with E-state index in [0.717, 1.165) is 10.0 Å². The smallest absolute Gasteiger partial charge is 0.236 e. The summed E-state index contributed by atoms with van der Waals surface area (Å²) in [6.45, 7) is 2.47. The maximum absolute atomic E-state index is 13.6. The van der Waals surface area contributed by atoms with Crippen LogP contribution in [0.4, 0.5) is 4.39 Å². The van der Waals surface area contributed by atoms with Crippen LogP contribution in [-0.2, 0) is 11.3 Å². The molecular weight excluding hydrogens is 359 g/mol. The van der Waals surface area contributed by atoms with Gasteiger partial charge in [-0.1, -0.05) is 52.3 Å². The molecular formula is C18H20BrFN2O. The zero-order valence-corrected chi connectivity index (χ0v) is 14.8. The van der Waals surface area contributed by atoms with E-state index in [1.54, 1.807) is 25.2 Å². The number of nitrogens with one attached hydrogen (secondary N) is 1. The van der Waals surface area contributed by atoms with Crippen LogP contribution < -0.4 is 5.32 Å². The summed E-state index contributed by atoms with van der Waals surface area (Å²) in [6.07, 6.45) is 0. The third-order valence-electron chi connectivity index (χ3n) is 3.72. The van der Waals surface area contributed by atoms with Crippen LogP contribution in [0.3, 0.4) is 0 Å². The van der Waals surface area contributed by atoms with E-state index < -0.39 is 0 Å². The lowest BCUT2D eigenvalue weighted by Gasteiger charge is -2.20. The Bertz CT molecular complexity index is 678. The van der Waals surface area contributed by atoms with Gasteiger partial charge in [0.1, 0.15) is 5.82 Å². The lowest BCUT2D eigenvalue weighted by molar-refractivity contribution is -0.129. The van der Waals surface area contributed by atoms with Crippen LogP contribution in [0.1, 0.15) is 24.1 Å². The average Bonchev–Trinajstić information content (AvgIpc) is 2.54. The van der Waals surface area contributed by atoms with Crippen LogP contribution in [0.15, 0.2) is 53.0 Å². The van der Waals surface area contributed by atoms with Crippen molar-refractivity contribution < 1.29 is 9.18 Å². The minimum atomic E-state index is -0.290. The number of carbonyl (C=O) groups is 1. The Hall–Kier alpha value is -1.72. The SMILES string of the molecule is CC(NCC(=O)N(C)Cc1ccccc1F)c1ccccc1Br. The fourth-order valence-corrected chi connectivity index (χ4v) is 2.91. The summed E-state index contributed by atoms with van der Waals surface area (Å²) < 4.78 is 14.6. The van der Waals surface area contributed by atoms with Crippen LogP contribution >= 0.6 is 15.9 Å². The van der Waals surface area contributed by atoms with Crippen molar-refractivity contribution in [3.8, 4) is 0 Å². The highest BCUT2D eigenvalue weighted by Gasteiger charge is 2.14. The number of rotatable bonds is 6. The van der Waals surface area contributed by atoms with Gasteiger partial charge in [0.2, 0.25) is 5.91 Å². The Kier molecular flexibility index (Phi) is 6.30. The van der Waals surface area contributed by atoms with Gasteiger partial charge < -0.3 is 10.2 Å². The molecule has 0 aliphatic rings. The van der Waals surface area contributed by atoms with E-state index in [2.05, 4.69) is 21.2 Å². The molecule has 0 saturated heterocycles. The molecule has 5 heteroatoms. The number of benzene rings is 2. The number of likely N-dealkylation sites (N-methyl/N-ethyl adjacent to an activating group) is 1. The molecule has 1 atom stereocenters. The standard InChI is InChI=1S/C18H20BrFN2O/c1-13(15-8-4-5-9-16(15)19)21-11-18(23)22(2)12-14-7-3-6-10-17(14)20/h3-10,13,21H,11-12H2,1-2H3. The minimum Gasteiger partial charge on any atom is -0.340 e. The molecule has 122 valence electrons. The summed E-state index contributed by atoms with van der Waals surface area (Å²) in [5, 5.41) is 3.21. The van der Waals surface area contributed by atoms with Gasteiger partial charge in [0.25, 0.3) is 0 Å². The molecule has 2 aromatic carbocycles. The topological polar surface area (TPSA) is 32.3 Å². The Balaban J connectivity index is 1.89. The molecule has 23 heavy (non-hydrogen) atoms. The van der Waals surface area contributed by atoms with Crippen LogP contribution in [0.5, 0.6) is 0 Å². The highest BCUT2D eigenvalue weighted by atomic mass is 79.9. The maximum Gasteiger partial charge on any atom is 0.236 e. The predicted molar refractivity (Wildman–Crippen MR) is 93.4 cm³/mol. The van der Waals surface area contributed by atoms with Crippen molar-refractivity contribution in [3.05, 3.63) is 69.9 Å². The molecule has 0 radical (unpaired) electrons. The predicted octanol–water partition coefficient (Wildman–Crippen LogP) is 3.90. The van der Waals surface area contributed by atoms with E-state index in [9.17, 15) is 9.18 Å². The summed E-state index contributed by atoms with van der Waals surface area (Å²) in [5.74, 6) is -0.367. The number of carbonyl (C=O) groups excluding carboxylic acids is 1. The van der Waals surface area contributed by atoms with Crippen LogP contribution in [0.2, 0.25) is 0 Å². The monoisotopic (exact) mass is 378 g/mol. The van der Waals surface area contributed by atoms with Crippen LogP contribution in [-0.4, -0.2) is 24.4 Å². The van der Waals surface area contributed by atoms with Gasteiger partial charge in [0.05, 0.1) is 6.54 Å². The molecule has 0 fully saturated rings. The van der Waals surface area contributed by atoms with Gasteiger partial charge in [-0.3, -0.25) is 4.79 Å². The summed E-state index contributed by atoms with van der Waals surface area (Å²) in [5.41, 5.74) is 1.61. The van der Waals surface area contributed by atoms with Gasteiger partial charge in [-0.05, 0) is 24.6 Å². The third-order valence-corrected chi connectivity index (χ3v) is 4.44. The van der Waals surface area contributed by atoms with Crippen molar-refractivity contribution in [2.45, 2.75) is 19.5 Å².